The molecule has 1 saturated carbocycles. The average Bonchev–Trinajstić information content (AvgIpc) is 2.30. The Labute approximate surface area is 73.8 Å². The molecule has 0 radical (unpaired) electrons. The molecule has 66 valence electrons. The lowest BCUT2D eigenvalue weighted by Gasteiger charge is -2.18. The molecule has 2 rings (SSSR count). The highest BCUT2D eigenvalue weighted by Crippen LogP contribution is 2.40. The van der Waals surface area contributed by atoms with Gasteiger partial charge in [-0.15, -0.1) is 0 Å². The summed E-state index contributed by atoms with van der Waals surface area (Å²) in [5.74, 6) is 0.943. The molecule has 0 aliphatic heterocycles. The predicted octanol–water partition coefficient (Wildman–Crippen LogP) is 2.28. The van der Waals surface area contributed by atoms with Crippen LogP contribution < -0.4 is 0 Å². The molecule has 1 N–H and O–H groups in total. The van der Waals surface area contributed by atoms with Gasteiger partial charge in [0.05, 0.1) is 6.10 Å². The summed E-state index contributed by atoms with van der Waals surface area (Å²) in [5, 5.41) is 9.67. The van der Waals surface area contributed by atoms with Crippen LogP contribution in [0.15, 0.2) is 24.3 Å². The first-order valence-electron chi connectivity index (χ1n) is 4.81. The first-order valence-corrected chi connectivity index (χ1v) is 4.81. The highest BCUT2D eigenvalue weighted by Gasteiger charge is 2.34. The van der Waals surface area contributed by atoms with Gasteiger partial charge in [0.1, 0.15) is 0 Å². The van der Waals surface area contributed by atoms with Gasteiger partial charge in [-0.05, 0) is 31.6 Å². The zero-order valence-corrected chi connectivity index (χ0v) is 7.37. The van der Waals surface area contributed by atoms with Crippen molar-refractivity contribution in [3.8, 4) is 0 Å². The van der Waals surface area contributed by atoms with E-state index in [0.717, 1.165) is 25.7 Å². The van der Waals surface area contributed by atoms with Gasteiger partial charge in [-0.2, -0.15) is 0 Å². The Morgan fingerprint density at radius 1 is 1.42 bits per heavy atom. The van der Waals surface area contributed by atoms with Gasteiger partial charge >= 0.3 is 0 Å². The molecule has 12 heavy (non-hydrogen) atoms. The molecule has 0 amide bonds. The Hall–Kier alpha value is -0.560. The molecule has 0 unspecified atom stereocenters. The third-order valence-corrected chi connectivity index (χ3v) is 3.20. The zero-order chi connectivity index (χ0) is 8.55. The Morgan fingerprint density at radius 3 is 3.08 bits per heavy atom. The Kier molecular flexibility index (Phi) is 2.05. The van der Waals surface area contributed by atoms with Crippen molar-refractivity contribution in [3.63, 3.8) is 0 Å². The second kappa shape index (κ2) is 3.06. The lowest BCUT2D eigenvalue weighted by Crippen LogP contribution is -2.16. The molecule has 0 spiro atoms. The molecule has 3 atom stereocenters. The van der Waals surface area contributed by atoms with Crippen LogP contribution in [0.1, 0.15) is 25.7 Å². The quantitative estimate of drug-likeness (QED) is 0.544. The number of hydrogen-bond donors (Lipinski definition) is 1. The van der Waals surface area contributed by atoms with Crippen LogP contribution in [-0.2, 0) is 0 Å². The highest BCUT2D eigenvalue weighted by atomic mass is 16.3. The Bertz CT molecular complexity index is 217. The van der Waals surface area contributed by atoms with Crippen molar-refractivity contribution in [2.45, 2.75) is 31.8 Å². The summed E-state index contributed by atoms with van der Waals surface area (Å²) in [6.45, 7) is 4.10. The smallest absolute Gasteiger partial charge is 0.0608 e. The SMILES string of the molecule is C=C1CCC=C[C@H]2[C@@H]1CC[C@@H]2O. The molecule has 1 nitrogen and oxygen atoms in total. The summed E-state index contributed by atoms with van der Waals surface area (Å²) < 4.78 is 0. The topological polar surface area (TPSA) is 20.2 Å². The monoisotopic (exact) mass is 164 g/mol. The lowest BCUT2D eigenvalue weighted by atomic mass is 9.89. The van der Waals surface area contributed by atoms with E-state index in [0.29, 0.717) is 11.8 Å². The van der Waals surface area contributed by atoms with Crippen molar-refractivity contribution in [3.05, 3.63) is 24.3 Å². The van der Waals surface area contributed by atoms with Crippen LogP contribution in [0.3, 0.4) is 0 Å². The fourth-order valence-corrected chi connectivity index (χ4v) is 2.45. The van der Waals surface area contributed by atoms with Crippen molar-refractivity contribution in [2.75, 3.05) is 0 Å². The van der Waals surface area contributed by atoms with Gasteiger partial charge in [-0.25, -0.2) is 0 Å². The summed E-state index contributed by atoms with van der Waals surface area (Å²) in [5.41, 5.74) is 1.35. The van der Waals surface area contributed by atoms with Crippen molar-refractivity contribution in [1.82, 2.24) is 0 Å². The lowest BCUT2D eigenvalue weighted by molar-refractivity contribution is 0.146. The third-order valence-electron chi connectivity index (χ3n) is 3.20. The maximum atomic E-state index is 9.67. The van der Waals surface area contributed by atoms with Gasteiger partial charge in [0.2, 0.25) is 0 Å². The number of aliphatic hydroxyl groups is 1. The largest absolute Gasteiger partial charge is 0.392 e. The second-order valence-electron chi connectivity index (χ2n) is 3.95. The van der Waals surface area contributed by atoms with Crippen molar-refractivity contribution >= 4 is 0 Å². The second-order valence-corrected chi connectivity index (χ2v) is 3.95. The summed E-state index contributed by atoms with van der Waals surface area (Å²) in [4.78, 5) is 0. The van der Waals surface area contributed by atoms with Crippen molar-refractivity contribution in [2.24, 2.45) is 11.8 Å². The van der Waals surface area contributed by atoms with Gasteiger partial charge in [-0.3, -0.25) is 0 Å². The molecule has 0 aromatic carbocycles. The van der Waals surface area contributed by atoms with Crippen molar-refractivity contribution in [1.29, 1.82) is 0 Å². The van der Waals surface area contributed by atoms with Gasteiger partial charge < -0.3 is 5.11 Å². The number of hydrogen-bond acceptors (Lipinski definition) is 1. The van der Waals surface area contributed by atoms with Crippen LogP contribution in [0.5, 0.6) is 0 Å². The number of fused-ring (bicyclic) bond motifs is 1. The van der Waals surface area contributed by atoms with Gasteiger partial charge in [0.25, 0.3) is 0 Å². The van der Waals surface area contributed by atoms with Crippen LogP contribution in [0, 0.1) is 11.8 Å². The molecule has 2 aliphatic rings. The Balaban J connectivity index is 2.21. The van der Waals surface area contributed by atoms with Gasteiger partial charge in [0.15, 0.2) is 0 Å². The minimum absolute atomic E-state index is 0.110. The normalized spacial score (nSPS) is 41.1. The average molecular weight is 164 g/mol. The fraction of sp³-hybridized carbons (Fsp3) is 0.636. The fourth-order valence-electron chi connectivity index (χ4n) is 2.45. The van der Waals surface area contributed by atoms with E-state index in [-0.39, 0.29) is 6.10 Å². The summed E-state index contributed by atoms with van der Waals surface area (Å²) >= 11 is 0. The maximum Gasteiger partial charge on any atom is 0.0608 e. The molecular weight excluding hydrogens is 148 g/mol. The molecule has 0 aromatic rings. The van der Waals surface area contributed by atoms with E-state index >= 15 is 0 Å². The Morgan fingerprint density at radius 2 is 2.25 bits per heavy atom. The molecule has 1 heteroatoms. The van der Waals surface area contributed by atoms with E-state index in [1.54, 1.807) is 0 Å². The molecule has 0 heterocycles. The molecule has 2 aliphatic carbocycles. The maximum absolute atomic E-state index is 9.67. The third kappa shape index (κ3) is 1.22. The minimum atomic E-state index is -0.110. The van der Waals surface area contributed by atoms with Crippen LogP contribution in [0.2, 0.25) is 0 Å². The van der Waals surface area contributed by atoms with Crippen LogP contribution >= 0.6 is 0 Å². The van der Waals surface area contributed by atoms with E-state index < -0.39 is 0 Å². The summed E-state index contributed by atoms with van der Waals surface area (Å²) in [7, 11) is 0. The number of allylic oxidation sites excluding steroid dienone is 2. The minimum Gasteiger partial charge on any atom is -0.392 e. The van der Waals surface area contributed by atoms with E-state index in [9.17, 15) is 5.11 Å². The van der Waals surface area contributed by atoms with Crippen LogP contribution in [-0.4, -0.2) is 11.2 Å². The van der Waals surface area contributed by atoms with E-state index in [1.807, 2.05) is 0 Å². The van der Waals surface area contributed by atoms with Gasteiger partial charge in [0, 0.05) is 5.92 Å². The van der Waals surface area contributed by atoms with E-state index in [4.69, 9.17) is 0 Å². The van der Waals surface area contributed by atoms with Crippen LogP contribution in [0.4, 0.5) is 0 Å². The molecular formula is C11H16O. The van der Waals surface area contributed by atoms with E-state index in [1.165, 1.54) is 5.57 Å². The molecule has 1 fully saturated rings. The molecule has 0 bridgehead atoms. The first kappa shape index (κ1) is 8.06. The highest BCUT2D eigenvalue weighted by molar-refractivity contribution is 5.15. The summed E-state index contributed by atoms with van der Waals surface area (Å²) in [6.07, 6.45) is 8.60. The predicted molar refractivity (Wildman–Crippen MR) is 49.7 cm³/mol. The van der Waals surface area contributed by atoms with Gasteiger partial charge in [-0.1, -0.05) is 24.3 Å². The van der Waals surface area contributed by atoms with Crippen molar-refractivity contribution < 1.29 is 5.11 Å². The summed E-state index contributed by atoms with van der Waals surface area (Å²) in [6, 6.07) is 0. The number of aliphatic hydroxyl groups excluding tert-OH is 1. The first-order chi connectivity index (χ1) is 5.79. The zero-order valence-electron chi connectivity index (χ0n) is 7.37. The number of rotatable bonds is 0. The van der Waals surface area contributed by atoms with Crippen LogP contribution in [0.25, 0.3) is 0 Å². The molecule has 0 saturated heterocycles. The van der Waals surface area contributed by atoms with E-state index in [2.05, 4.69) is 18.7 Å². The molecule has 0 aromatic heterocycles. The standard InChI is InChI=1S/C11H16O/c1-8-4-2-3-5-10-9(8)6-7-11(10)12/h3,5,9-12H,1-2,4,6-7H2/t9-,10+,11+/m1/s1.